The summed E-state index contributed by atoms with van der Waals surface area (Å²) in [6.45, 7) is -0.406. The first-order valence-electron chi connectivity index (χ1n) is 8.50. The second-order valence-electron chi connectivity index (χ2n) is 6.10. The van der Waals surface area contributed by atoms with Crippen molar-refractivity contribution in [2.75, 3.05) is 31.3 Å². The number of rotatable bonds is 8. The van der Waals surface area contributed by atoms with E-state index in [1.165, 1.54) is 23.5 Å². The van der Waals surface area contributed by atoms with Crippen LogP contribution >= 0.6 is 11.6 Å². The fourth-order valence-corrected chi connectivity index (χ4v) is 2.23. The molecule has 1 aromatic carbocycles. The maximum atomic E-state index is 13.8. The summed E-state index contributed by atoms with van der Waals surface area (Å²) in [5.74, 6) is -3.16. The zero-order valence-corrected chi connectivity index (χ0v) is 16.8. The van der Waals surface area contributed by atoms with Crippen LogP contribution in [0.2, 0.25) is 5.02 Å². The van der Waals surface area contributed by atoms with Crippen molar-refractivity contribution in [2.24, 2.45) is 10.7 Å². The molecule has 12 heteroatoms. The Bertz CT molecular complexity index is 959. The number of halogens is 4. The van der Waals surface area contributed by atoms with E-state index in [0.29, 0.717) is 17.8 Å². The van der Waals surface area contributed by atoms with E-state index < -0.39 is 17.5 Å². The number of carbonyl (C=O) groups excluding carboxylic acids is 1. The highest BCUT2D eigenvalue weighted by Gasteiger charge is 2.13. The second-order valence-corrected chi connectivity index (χ2v) is 6.50. The van der Waals surface area contributed by atoms with Crippen molar-refractivity contribution in [3.8, 4) is 0 Å². The van der Waals surface area contributed by atoms with E-state index in [2.05, 4.69) is 25.6 Å². The van der Waals surface area contributed by atoms with E-state index in [4.69, 9.17) is 17.3 Å². The number of benzene rings is 1. The van der Waals surface area contributed by atoms with Crippen LogP contribution < -0.4 is 16.4 Å². The van der Waals surface area contributed by atoms with Crippen LogP contribution in [0.5, 0.6) is 0 Å². The Hall–Kier alpha value is -3.34. The predicted octanol–water partition coefficient (Wildman–Crippen LogP) is 2.53. The molecule has 2 rings (SSSR count). The Morgan fingerprint density at radius 1 is 1.30 bits per heavy atom. The molecule has 1 heterocycles. The average Bonchev–Trinajstić information content (AvgIpc) is 2.68. The van der Waals surface area contributed by atoms with Crippen molar-refractivity contribution < 1.29 is 18.0 Å². The third kappa shape index (κ3) is 6.34. The van der Waals surface area contributed by atoms with Gasteiger partial charge in [-0.05, 0) is 0 Å². The third-order valence-electron chi connectivity index (χ3n) is 3.67. The molecule has 1 aromatic heterocycles. The van der Waals surface area contributed by atoms with Crippen LogP contribution in [0.3, 0.4) is 0 Å². The summed E-state index contributed by atoms with van der Waals surface area (Å²) in [4.78, 5) is 25.0. The molecule has 160 valence electrons. The van der Waals surface area contributed by atoms with Gasteiger partial charge in [0.05, 0.1) is 11.9 Å². The summed E-state index contributed by atoms with van der Waals surface area (Å²) in [5.41, 5.74) is 5.45. The van der Waals surface area contributed by atoms with Gasteiger partial charge in [0.1, 0.15) is 29.0 Å². The molecule has 0 bridgehead atoms. The highest BCUT2D eigenvalue weighted by Crippen LogP contribution is 2.22. The normalized spacial score (nSPS) is 11.6. The maximum absolute atomic E-state index is 13.8. The summed E-state index contributed by atoms with van der Waals surface area (Å²) >= 11 is 6.02. The van der Waals surface area contributed by atoms with Crippen LogP contribution in [0.25, 0.3) is 0 Å². The fraction of sp³-hybridized carbons (Fsp3) is 0.222. The minimum Gasteiger partial charge on any atom is -0.403 e. The van der Waals surface area contributed by atoms with Gasteiger partial charge in [0, 0.05) is 50.8 Å². The molecule has 4 N–H and O–H groups in total. The molecule has 8 nitrogen and oxygen atoms in total. The number of nitrogens with two attached hydrogens (primary N) is 1. The first-order chi connectivity index (χ1) is 14.2. The van der Waals surface area contributed by atoms with Gasteiger partial charge in [-0.25, -0.2) is 18.2 Å². The summed E-state index contributed by atoms with van der Waals surface area (Å²) < 4.78 is 40.6. The Morgan fingerprint density at radius 2 is 1.97 bits per heavy atom. The predicted molar refractivity (Wildman–Crippen MR) is 109 cm³/mol. The van der Waals surface area contributed by atoms with Gasteiger partial charge in [0.15, 0.2) is 5.82 Å². The van der Waals surface area contributed by atoms with Crippen molar-refractivity contribution in [1.29, 1.82) is 0 Å². The van der Waals surface area contributed by atoms with Crippen molar-refractivity contribution in [3.05, 3.63) is 58.3 Å². The first-order valence-corrected chi connectivity index (χ1v) is 8.87. The van der Waals surface area contributed by atoms with Crippen LogP contribution in [-0.4, -0.2) is 47.6 Å². The van der Waals surface area contributed by atoms with Crippen LogP contribution in [0.1, 0.15) is 5.56 Å². The van der Waals surface area contributed by atoms with Gasteiger partial charge in [-0.2, -0.15) is 4.98 Å². The molecule has 1 amide bonds. The summed E-state index contributed by atoms with van der Waals surface area (Å²) in [6.07, 6.45) is 3.78. The lowest BCUT2D eigenvalue weighted by atomic mass is 10.2. The number of nitrogens with one attached hydrogen (secondary N) is 2. The van der Waals surface area contributed by atoms with Crippen LogP contribution in [0.15, 0.2) is 35.2 Å². The van der Waals surface area contributed by atoms with Gasteiger partial charge >= 0.3 is 0 Å². The second kappa shape index (κ2) is 10.4. The van der Waals surface area contributed by atoms with E-state index in [0.717, 1.165) is 0 Å². The number of aromatic nitrogens is 2. The summed E-state index contributed by atoms with van der Waals surface area (Å²) in [5, 5.41) is 5.53. The number of hydrogen-bond acceptors (Lipinski definition) is 7. The number of anilines is 2. The maximum Gasteiger partial charge on any atom is 0.243 e. The number of allylic oxidation sites excluding steroid dienone is 1. The smallest absolute Gasteiger partial charge is 0.243 e. The largest absolute Gasteiger partial charge is 0.403 e. The molecule has 30 heavy (non-hydrogen) atoms. The fourth-order valence-electron chi connectivity index (χ4n) is 2.07. The Labute approximate surface area is 175 Å². The SMILES string of the molecule is CN(C)C(=O)CN=CC(=CN)Nc1ncc(Cl)c(NCc2c(F)cc(F)cc2F)n1. The molecule has 0 saturated carbocycles. The molecular weight excluding hydrogens is 423 g/mol. The molecule has 0 saturated heterocycles. The molecule has 2 aromatic rings. The van der Waals surface area contributed by atoms with Crippen molar-refractivity contribution >= 4 is 35.5 Å². The highest BCUT2D eigenvalue weighted by atomic mass is 35.5. The highest BCUT2D eigenvalue weighted by molar-refractivity contribution is 6.32. The number of amides is 1. The monoisotopic (exact) mass is 441 g/mol. The lowest BCUT2D eigenvalue weighted by Gasteiger charge is -2.11. The Kier molecular flexibility index (Phi) is 7.98. The van der Waals surface area contributed by atoms with Gasteiger partial charge in [0.25, 0.3) is 0 Å². The molecule has 0 spiro atoms. The topological polar surface area (TPSA) is 109 Å². The molecule has 0 fully saturated rings. The number of nitrogens with zero attached hydrogens (tertiary/aromatic N) is 4. The molecule has 0 unspecified atom stereocenters. The number of carbonyl (C=O) groups is 1. The first kappa shape index (κ1) is 22.9. The van der Waals surface area contributed by atoms with Gasteiger partial charge in [-0.1, -0.05) is 11.6 Å². The number of hydrogen-bond donors (Lipinski definition) is 3. The van der Waals surface area contributed by atoms with Gasteiger partial charge in [-0.3, -0.25) is 9.79 Å². The average molecular weight is 442 g/mol. The molecule has 0 atom stereocenters. The lowest BCUT2D eigenvalue weighted by molar-refractivity contribution is -0.127. The van der Waals surface area contributed by atoms with Crippen molar-refractivity contribution in [3.63, 3.8) is 0 Å². The Morgan fingerprint density at radius 3 is 2.57 bits per heavy atom. The molecule has 0 aliphatic rings. The molecule has 0 radical (unpaired) electrons. The van der Waals surface area contributed by atoms with Gasteiger partial charge in [0.2, 0.25) is 11.9 Å². The van der Waals surface area contributed by atoms with Gasteiger partial charge < -0.3 is 21.3 Å². The summed E-state index contributed by atoms with van der Waals surface area (Å²) in [7, 11) is 3.21. The standard InChI is InChI=1S/C18H19ClF3N7O/c1-29(2)16(30)9-24-6-11(5-23)27-18-26-8-13(19)17(28-18)25-7-12-14(21)3-10(20)4-15(12)22/h3-6,8H,7,9,23H2,1-2H3,(H2,25,26,27,28). The van der Waals surface area contributed by atoms with E-state index in [1.807, 2.05) is 0 Å². The van der Waals surface area contributed by atoms with E-state index in [1.54, 1.807) is 14.1 Å². The number of aliphatic imine (C=N–C) groups is 1. The zero-order valence-electron chi connectivity index (χ0n) is 16.1. The summed E-state index contributed by atoms with van der Waals surface area (Å²) in [6, 6.07) is 1.15. The minimum atomic E-state index is -1.04. The van der Waals surface area contributed by atoms with Crippen molar-refractivity contribution in [2.45, 2.75) is 6.54 Å². The zero-order chi connectivity index (χ0) is 22.3. The molecular formula is C18H19ClF3N7O. The van der Waals surface area contributed by atoms with Crippen LogP contribution in [0.4, 0.5) is 24.9 Å². The van der Waals surface area contributed by atoms with Gasteiger partial charge in [-0.15, -0.1) is 0 Å². The third-order valence-corrected chi connectivity index (χ3v) is 3.95. The number of likely N-dealkylation sites (N-methyl/N-ethyl adjacent to an activating group) is 1. The quantitative estimate of drug-likeness (QED) is 0.543. The molecule has 0 aliphatic heterocycles. The van der Waals surface area contributed by atoms with E-state index in [-0.39, 0.29) is 41.3 Å². The minimum absolute atomic E-state index is 0.0593. The Balaban J connectivity index is 2.09. The van der Waals surface area contributed by atoms with E-state index in [9.17, 15) is 18.0 Å². The lowest BCUT2D eigenvalue weighted by Crippen LogP contribution is -2.24. The van der Waals surface area contributed by atoms with Crippen molar-refractivity contribution in [1.82, 2.24) is 14.9 Å². The van der Waals surface area contributed by atoms with E-state index >= 15 is 0 Å². The molecule has 0 aliphatic carbocycles. The van der Waals surface area contributed by atoms with Crippen LogP contribution in [0, 0.1) is 17.5 Å². The van der Waals surface area contributed by atoms with Crippen LogP contribution in [-0.2, 0) is 11.3 Å².